The molecule has 2 heterocycles. The number of aromatic nitrogens is 4. The van der Waals surface area contributed by atoms with Gasteiger partial charge in [-0.2, -0.15) is 9.78 Å². The highest BCUT2D eigenvalue weighted by Gasteiger charge is 2.21. The second kappa shape index (κ2) is 7.08. The summed E-state index contributed by atoms with van der Waals surface area (Å²) in [6.45, 7) is 4.02. The van der Waals surface area contributed by atoms with Gasteiger partial charge in [0.15, 0.2) is 0 Å². The predicted octanol–water partition coefficient (Wildman–Crippen LogP) is 2.47. The molecule has 27 heavy (non-hydrogen) atoms. The number of benzene rings is 1. The Balaban J connectivity index is 1.54. The van der Waals surface area contributed by atoms with Crippen LogP contribution in [0.2, 0.25) is 0 Å². The molecular formula is C20H23N5O2. The van der Waals surface area contributed by atoms with Crippen molar-refractivity contribution in [3.05, 3.63) is 47.4 Å². The Morgan fingerprint density at radius 1 is 1.15 bits per heavy atom. The zero-order valence-corrected chi connectivity index (χ0v) is 15.5. The quantitative estimate of drug-likeness (QED) is 0.744. The summed E-state index contributed by atoms with van der Waals surface area (Å²) in [4.78, 5) is 21.1. The maximum atomic E-state index is 12.4. The molecule has 7 nitrogen and oxygen atoms in total. The molecule has 2 aromatic heterocycles. The fourth-order valence-corrected chi connectivity index (χ4v) is 3.74. The molecule has 0 saturated heterocycles. The Labute approximate surface area is 157 Å². The van der Waals surface area contributed by atoms with Crippen molar-refractivity contribution >= 4 is 16.8 Å². The largest absolute Gasteiger partial charge is 0.393 e. The van der Waals surface area contributed by atoms with Gasteiger partial charge in [0.05, 0.1) is 22.9 Å². The number of aliphatic hydroxyl groups is 1. The molecule has 140 valence electrons. The first-order valence-electron chi connectivity index (χ1n) is 9.29. The van der Waals surface area contributed by atoms with E-state index < -0.39 is 0 Å². The van der Waals surface area contributed by atoms with Crippen molar-refractivity contribution in [2.45, 2.75) is 51.7 Å². The van der Waals surface area contributed by atoms with Gasteiger partial charge in [-0.1, -0.05) is 12.1 Å². The van der Waals surface area contributed by atoms with E-state index in [1.165, 1.54) is 12.4 Å². The number of carbonyl (C=O) groups is 1. The lowest BCUT2D eigenvalue weighted by Gasteiger charge is -2.26. The van der Waals surface area contributed by atoms with Crippen molar-refractivity contribution in [1.29, 1.82) is 0 Å². The minimum Gasteiger partial charge on any atom is -0.393 e. The summed E-state index contributed by atoms with van der Waals surface area (Å²) in [6.07, 6.45) is 5.88. The van der Waals surface area contributed by atoms with Crippen LogP contribution in [-0.4, -0.2) is 42.9 Å². The normalized spacial score (nSPS) is 20.0. The van der Waals surface area contributed by atoms with Crippen LogP contribution in [-0.2, 0) is 0 Å². The van der Waals surface area contributed by atoms with Crippen LogP contribution in [0.4, 0.5) is 0 Å². The second-order valence-corrected chi connectivity index (χ2v) is 7.22. The standard InChI is InChI=1S/C20H23N5O2/c1-12-4-3-5-17-18(12)13(2)24-25(17)20-21-10-14(11-22-20)19(27)23-15-6-8-16(26)9-7-15/h3-5,10-11,15-16,26H,6-9H2,1-2H3,(H,23,27). The summed E-state index contributed by atoms with van der Waals surface area (Å²) in [6, 6.07) is 6.13. The molecule has 1 aromatic carbocycles. The van der Waals surface area contributed by atoms with Crippen LogP contribution in [0.25, 0.3) is 16.9 Å². The number of hydrogen-bond acceptors (Lipinski definition) is 5. The lowest BCUT2D eigenvalue weighted by molar-refractivity contribution is 0.0867. The van der Waals surface area contributed by atoms with Crippen molar-refractivity contribution in [2.24, 2.45) is 0 Å². The smallest absolute Gasteiger partial charge is 0.254 e. The zero-order chi connectivity index (χ0) is 19.0. The van der Waals surface area contributed by atoms with Crippen LogP contribution in [0.5, 0.6) is 0 Å². The number of rotatable bonds is 3. The van der Waals surface area contributed by atoms with Gasteiger partial charge in [-0.3, -0.25) is 4.79 Å². The van der Waals surface area contributed by atoms with E-state index in [1.807, 2.05) is 19.1 Å². The minimum absolute atomic E-state index is 0.0984. The highest BCUT2D eigenvalue weighted by Crippen LogP contribution is 2.23. The van der Waals surface area contributed by atoms with Crippen LogP contribution in [0.3, 0.4) is 0 Å². The van der Waals surface area contributed by atoms with E-state index in [0.717, 1.165) is 47.8 Å². The third-order valence-electron chi connectivity index (χ3n) is 5.21. The number of amides is 1. The maximum Gasteiger partial charge on any atom is 0.254 e. The first-order valence-corrected chi connectivity index (χ1v) is 9.29. The Bertz CT molecular complexity index is 972. The summed E-state index contributed by atoms with van der Waals surface area (Å²) < 4.78 is 1.71. The summed E-state index contributed by atoms with van der Waals surface area (Å²) >= 11 is 0. The number of nitrogens with zero attached hydrogens (tertiary/aromatic N) is 4. The van der Waals surface area contributed by atoms with Gasteiger partial charge in [0, 0.05) is 23.8 Å². The average Bonchev–Trinajstić information content (AvgIpc) is 3.02. The molecule has 0 bridgehead atoms. The summed E-state index contributed by atoms with van der Waals surface area (Å²) in [5.74, 6) is 0.260. The molecule has 0 radical (unpaired) electrons. The fourth-order valence-electron chi connectivity index (χ4n) is 3.74. The van der Waals surface area contributed by atoms with Gasteiger partial charge in [0.2, 0.25) is 0 Å². The number of aryl methyl sites for hydroxylation is 2. The van der Waals surface area contributed by atoms with E-state index in [4.69, 9.17) is 0 Å². The van der Waals surface area contributed by atoms with Gasteiger partial charge >= 0.3 is 0 Å². The van der Waals surface area contributed by atoms with Crippen molar-refractivity contribution in [1.82, 2.24) is 25.1 Å². The first-order chi connectivity index (χ1) is 13.0. The lowest BCUT2D eigenvalue weighted by Crippen LogP contribution is -2.38. The predicted molar refractivity (Wildman–Crippen MR) is 102 cm³/mol. The van der Waals surface area contributed by atoms with Crippen molar-refractivity contribution in [2.75, 3.05) is 0 Å². The summed E-state index contributed by atoms with van der Waals surface area (Å²) in [5, 5.41) is 18.2. The van der Waals surface area contributed by atoms with Gasteiger partial charge in [-0.25, -0.2) is 9.97 Å². The van der Waals surface area contributed by atoms with Crippen LogP contribution in [0.15, 0.2) is 30.6 Å². The Morgan fingerprint density at radius 3 is 2.56 bits per heavy atom. The fraction of sp³-hybridized carbons (Fsp3) is 0.400. The molecule has 0 spiro atoms. The molecule has 4 rings (SSSR count). The summed E-state index contributed by atoms with van der Waals surface area (Å²) in [5.41, 5.74) is 3.46. The van der Waals surface area contributed by atoms with Crippen LogP contribution >= 0.6 is 0 Å². The van der Waals surface area contributed by atoms with Crippen molar-refractivity contribution in [3.8, 4) is 5.95 Å². The third kappa shape index (κ3) is 3.42. The van der Waals surface area contributed by atoms with Crippen LogP contribution in [0, 0.1) is 13.8 Å². The minimum atomic E-state index is -0.239. The number of carbonyl (C=O) groups excluding carboxylic acids is 1. The Morgan fingerprint density at radius 2 is 1.85 bits per heavy atom. The molecule has 2 N–H and O–H groups in total. The van der Waals surface area contributed by atoms with Crippen molar-refractivity contribution in [3.63, 3.8) is 0 Å². The highest BCUT2D eigenvalue weighted by atomic mass is 16.3. The maximum absolute atomic E-state index is 12.4. The number of hydrogen-bond donors (Lipinski definition) is 2. The molecule has 1 fully saturated rings. The van der Waals surface area contributed by atoms with Gasteiger partial charge in [-0.15, -0.1) is 0 Å². The van der Waals surface area contributed by atoms with Gasteiger partial charge in [0.1, 0.15) is 0 Å². The zero-order valence-electron chi connectivity index (χ0n) is 15.5. The van der Waals surface area contributed by atoms with E-state index in [2.05, 4.69) is 33.4 Å². The topological polar surface area (TPSA) is 92.9 Å². The number of nitrogens with one attached hydrogen (secondary N) is 1. The molecule has 1 aliphatic carbocycles. The van der Waals surface area contributed by atoms with Gasteiger partial charge in [-0.05, 0) is 51.2 Å². The first kappa shape index (κ1) is 17.6. The number of fused-ring (bicyclic) bond motifs is 1. The highest BCUT2D eigenvalue weighted by molar-refractivity contribution is 5.93. The van der Waals surface area contributed by atoms with E-state index >= 15 is 0 Å². The molecule has 3 aromatic rings. The van der Waals surface area contributed by atoms with Crippen LogP contribution < -0.4 is 5.32 Å². The molecule has 1 aliphatic rings. The van der Waals surface area contributed by atoms with E-state index in [9.17, 15) is 9.90 Å². The van der Waals surface area contributed by atoms with Gasteiger partial charge in [0.25, 0.3) is 11.9 Å². The Hall–Kier alpha value is -2.80. The van der Waals surface area contributed by atoms with Crippen LogP contribution in [0.1, 0.15) is 47.3 Å². The Kier molecular flexibility index (Phi) is 4.61. The monoisotopic (exact) mass is 365 g/mol. The molecule has 7 heteroatoms. The van der Waals surface area contributed by atoms with E-state index in [0.29, 0.717) is 11.5 Å². The van der Waals surface area contributed by atoms with E-state index in [1.54, 1.807) is 4.68 Å². The van der Waals surface area contributed by atoms with E-state index in [-0.39, 0.29) is 18.1 Å². The molecule has 0 unspecified atom stereocenters. The SMILES string of the molecule is Cc1cccc2c1c(C)nn2-c1ncc(C(=O)NC2CCC(O)CC2)cn1. The molecular weight excluding hydrogens is 342 g/mol. The molecule has 1 saturated carbocycles. The second-order valence-electron chi connectivity index (χ2n) is 7.22. The average molecular weight is 365 g/mol. The lowest BCUT2D eigenvalue weighted by atomic mass is 9.93. The van der Waals surface area contributed by atoms with Crippen molar-refractivity contribution < 1.29 is 9.90 Å². The molecule has 0 atom stereocenters. The number of aliphatic hydroxyl groups excluding tert-OH is 1. The third-order valence-corrected chi connectivity index (χ3v) is 5.21. The molecule has 0 aliphatic heterocycles. The van der Waals surface area contributed by atoms with Gasteiger partial charge < -0.3 is 10.4 Å². The summed E-state index contributed by atoms with van der Waals surface area (Å²) in [7, 11) is 0. The molecule has 1 amide bonds.